The molecule has 0 fully saturated rings. The van der Waals surface area contributed by atoms with Crippen molar-refractivity contribution in [3.8, 4) is 0 Å². The van der Waals surface area contributed by atoms with Crippen LogP contribution in [0.1, 0.15) is 32.8 Å². The minimum absolute atomic E-state index is 0. The summed E-state index contributed by atoms with van der Waals surface area (Å²) >= 11 is 3.62. The number of hydrogen-bond acceptors (Lipinski definition) is 2. The van der Waals surface area contributed by atoms with E-state index in [9.17, 15) is 4.79 Å². The average molecular weight is 525 g/mol. The molecule has 0 saturated carbocycles. The first-order chi connectivity index (χ1) is 11.3. The van der Waals surface area contributed by atoms with Crippen molar-refractivity contribution in [1.82, 2.24) is 15.5 Å². The van der Waals surface area contributed by atoms with Gasteiger partial charge in [-0.3, -0.25) is 4.79 Å². The van der Waals surface area contributed by atoms with E-state index in [2.05, 4.69) is 64.5 Å². The lowest BCUT2D eigenvalue weighted by Crippen LogP contribution is -2.44. The van der Waals surface area contributed by atoms with Crippen LogP contribution < -0.4 is 10.6 Å². The second kappa shape index (κ2) is 11.7. The fourth-order valence-corrected chi connectivity index (χ4v) is 2.94. The molecule has 1 aromatic rings. The van der Waals surface area contributed by atoms with Gasteiger partial charge in [0.05, 0.1) is 0 Å². The fraction of sp³-hybridized carbons (Fsp3) is 0.556. The van der Waals surface area contributed by atoms with Gasteiger partial charge >= 0.3 is 0 Å². The van der Waals surface area contributed by atoms with Crippen LogP contribution in [-0.4, -0.2) is 50.5 Å². The number of nitrogens with zero attached hydrogens (tertiary/aromatic N) is 2. The van der Waals surface area contributed by atoms with Crippen LogP contribution in [0.15, 0.2) is 33.7 Å². The largest absolute Gasteiger partial charge is 0.356 e. The number of nitrogens with one attached hydrogen (secondary N) is 2. The Hall–Kier alpha value is -0.830. The smallest absolute Gasteiger partial charge is 0.243 e. The molecule has 0 saturated heterocycles. The van der Waals surface area contributed by atoms with Crippen molar-refractivity contribution in [2.24, 2.45) is 4.99 Å². The monoisotopic (exact) mass is 524 g/mol. The molecule has 0 radical (unpaired) electrons. The normalized spacial score (nSPS) is 11.5. The second-order valence-corrected chi connectivity index (χ2v) is 7.45. The number of rotatable bonds is 7. The summed E-state index contributed by atoms with van der Waals surface area (Å²) in [7, 11) is 3.47. The van der Waals surface area contributed by atoms with E-state index in [0.717, 1.165) is 17.4 Å². The molecule has 2 N–H and O–H groups in total. The topological polar surface area (TPSA) is 56.7 Å². The molecule has 0 aliphatic carbocycles. The summed E-state index contributed by atoms with van der Waals surface area (Å²) in [4.78, 5) is 17.7. The first-order valence-electron chi connectivity index (χ1n) is 8.25. The Morgan fingerprint density at radius 2 is 1.88 bits per heavy atom. The van der Waals surface area contributed by atoms with Crippen LogP contribution in [0.5, 0.6) is 0 Å². The third kappa shape index (κ3) is 8.40. The van der Waals surface area contributed by atoms with Crippen LogP contribution in [0.25, 0.3) is 0 Å². The summed E-state index contributed by atoms with van der Waals surface area (Å²) in [6.45, 7) is 8.13. The summed E-state index contributed by atoms with van der Waals surface area (Å²) < 4.78 is 1.10. The van der Waals surface area contributed by atoms with Crippen molar-refractivity contribution in [2.75, 3.05) is 33.7 Å². The molecule has 7 heteroatoms. The first kappa shape index (κ1) is 24.2. The quantitative estimate of drug-likeness (QED) is 0.326. The highest BCUT2D eigenvalue weighted by Gasteiger charge is 2.23. The molecule has 25 heavy (non-hydrogen) atoms. The molecular weight excluding hydrogens is 495 g/mol. The minimum Gasteiger partial charge on any atom is -0.356 e. The van der Waals surface area contributed by atoms with Crippen LogP contribution in [-0.2, 0) is 10.2 Å². The molecule has 1 rings (SSSR count). The van der Waals surface area contributed by atoms with E-state index in [1.54, 1.807) is 19.0 Å². The zero-order chi connectivity index (χ0) is 18.2. The molecule has 0 atom stereocenters. The zero-order valence-electron chi connectivity index (χ0n) is 15.7. The summed E-state index contributed by atoms with van der Waals surface area (Å²) in [5.41, 5.74) is 1.15. The maximum Gasteiger partial charge on any atom is 0.243 e. The average Bonchev–Trinajstić information content (AvgIpc) is 2.53. The van der Waals surface area contributed by atoms with Gasteiger partial charge in [-0.05, 0) is 18.1 Å². The standard InChI is InChI=1S/C18H29BrN4O.HI/c1-6-11-20-17(21-12-16(24)23(4)5)22-13-18(2,3)14-9-7-8-10-15(14)19;/h7-10H,6,11-13H2,1-5H3,(H2,20,21,22);1H. The number of carbonyl (C=O) groups excluding carboxylic acids is 1. The molecule has 0 spiro atoms. The highest BCUT2D eigenvalue weighted by molar-refractivity contribution is 14.0. The maximum atomic E-state index is 11.7. The number of carbonyl (C=O) groups is 1. The Morgan fingerprint density at radius 1 is 1.24 bits per heavy atom. The van der Waals surface area contributed by atoms with Crippen molar-refractivity contribution >= 4 is 51.8 Å². The summed E-state index contributed by atoms with van der Waals surface area (Å²) in [6.07, 6.45) is 0.996. The van der Waals surface area contributed by atoms with Gasteiger partial charge < -0.3 is 15.5 Å². The van der Waals surface area contributed by atoms with Gasteiger partial charge in [0.15, 0.2) is 5.96 Å². The van der Waals surface area contributed by atoms with Crippen molar-refractivity contribution in [3.63, 3.8) is 0 Å². The lowest BCUT2D eigenvalue weighted by molar-refractivity contribution is -0.127. The molecule has 142 valence electrons. The van der Waals surface area contributed by atoms with E-state index in [-0.39, 0.29) is 41.8 Å². The number of aliphatic imine (C=N–C) groups is 1. The van der Waals surface area contributed by atoms with E-state index < -0.39 is 0 Å². The number of amides is 1. The van der Waals surface area contributed by atoms with Crippen molar-refractivity contribution < 1.29 is 4.79 Å². The van der Waals surface area contributed by atoms with Gasteiger partial charge in [-0.15, -0.1) is 24.0 Å². The molecule has 0 unspecified atom stereocenters. The molecule has 0 aliphatic rings. The first-order valence-corrected chi connectivity index (χ1v) is 9.04. The molecular formula is C18H30BrIN4O. The summed E-state index contributed by atoms with van der Waals surface area (Å²) in [5.74, 6) is 0.657. The minimum atomic E-state index is -0.0830. The van der Waals surface area contributed by atoms with Crippen LogP contribution in [0.4, 0.5) is 0 Å². The third-order valence-electron chi connectivity index (χ3n) is 3.71. The van der Waals surface area contributed by atoms with Crippen LogP contribution in [0.2, 0.25) is 0 Å². The molecule has 1 aromatic carbocycles. The van der Waals surface area contributed by atoms with Gasteiger partial charge in [0.2, 0.25) is 5.91 Å². The maximum absolute atomic E-state index is 11.7. The van der Waals surface area contributed by atoms with E-state index >= 15 is 0 Å². The number of halogens is 2. The zero-order valence-corrected chi connectivity index (χ0v) is 19.6. The van der Waals surface area contributed by atoms with Crippen molar-refractivity contribution in [2.45, 2.75) is 32.6 Å². The van der Waals surface area contributed by atoms with E-state index in [0.29, 0.717) is 12.5 Å². The van der Waals surface area contributed by atoms with Crippen LogP contribution in [0, 0.1) is 0 Å². The van der Waals surface area contributed by atoms with Gasteiger partial charge in [0.25, 0.3) is 0 Å². The number of benzene rings is 1. The van der Waals surface area contributed by atoms with E-state index in [1.807, 2.05) is 12.1 Å². The number of hydrogen-bond donors (Lipinski definition) is 2. The molecule has 0 bridgehead atoms. The molecule has 0 aliphatic heterocycles. The van der Waals surface area contributed by atoms with E-state index in [4.69, 9.17) is 0 Å². The Morgan fingerprint density at radius 3 is 2.44 bits per heavy atom. The number of guanidine groups is 1. The van der Waals surface area contributed by atoms with Gasteiger partial charge in [0, 0.05) is 37.1 Å². The van der Waals surface area contributed by atoms with Gasteiger partial charge in [-0.1, -0.05) is 54.9 Å². The molecule has 5 nitrogen and oxygen atoms in total. The SMILES string of the molecule is CCCNC(=NCC(=O)N(C)C)NCC(C)(C)c1ccccc1Br.I. The fourth-order valence-electron chi connectivity index (χ4n) is 2.12. The molecule has 0 heterocycles. The highest BCUT2D eigenvalue weighted by atomic mass is 127. The predicted molar refractivity (Wildman–Crippen MR) is 120 cm³/mol. The van der Waals surface area contributed by atoms with Gasteiger partial charge in [0.1, 0.15) is 6.54 Å². The third-order valence-corrected chi connectivity index (χ3v) is 4.41. The van der Waals surface area contributed by atoms with Crippen LogP contribution in [0.3, 0.4) is 0 Å². The lowest BCUT2D eigenvalue weighted by Gasteiger charge is -2.28. The molecule has 0 aromatic heterocycles. The van der Waals surface area contributed by atoms with Crippen LogP contribution >= 0.6 is 39.9 Å². The van der Waals surface area contributed by atoms with Crippen molar-refractivity contribution in [3.05, 3.63) is 34.3 Å². The Bertz CT molecular complexity index is 576. The van der Waals surface area contributed by atoms with E-state index in [1.165, 1.54) is 5.56 Å². The Kier molecular flexibility index (Phi) is 11.3. The highest BCUT2D eigenvalue weighted by Crippen LogP contribution is 2.29. The predicted octanol–water partition coefficient (Wildman–Crippen LogP) is 3.38. The van der Waals surface area contributed by atoms with Gasteiger partial charge in [-0.25, -0.2) is 4.99 Å². The Balaban J connectivity index is 0.00000576. The summed E-state index contributed by atoms with van der Waals surface area (Å²) in [5, 5.41) is 6.62. The number of likely N-dealkylation sites (N-methyl/N-ethyl adjacent to an activating group) is 1. The second-order valence-electron chi connectivity index (χ2n) is 6.60. The van der Waals surface area contributed by atoms with Gasteiger partial charge in [-0.2, -0.15) is 0 Å². The molecule has 1 amide bonds. The Labute approximate surface area is 177 Å². The summed E-state index contributed by atoms with van der Waals surface area (Å²) in [6, 6.07) is 8.23. The lowest BCUT2D eigenvalue weighted by atomic mass is 9.84. The van der Waals surface area contributed by atoms with Crippen molar-refractivity contribution in [1.29, 1.82) is 0 Å².